The first kappa shape index (κ1) is 20.6. The third-order valence-corrected chi connectivity index (χ3v) is 3.39. The molecule has 0 aliphatic rings. The Morgan fingerprint density at radius 1 is 1.20 bits per heavy atom. The van der Waals surface area contributed by atoms with Crippen molar-refractivity contribution >= 4 is 17.7 Å². The number of ketones is 1. The van der Waals surface area contributed by atoms with Gasteiger partial charge in [-0.05, 0) is 31.0 Å². The number of aliphatic hydroxyl groups is 1. The largest absolute Gasteiger partial charge is 0.467 e. The third kappa shape index (κ3) is 6.18. The highest BCUT2D eigenvalue weighted by Crippen LogP contribution is 2.30. The minimum absolute atomic E-state index is 0.0103. The molecule has 0 aromatic heterocycles. The summed E-state index contributed by atoms with van der Waals surface area (Å²) in [6.07, 6.45) is -6.31. The van der Waals surface area contributed by atoms with Gasteiger partial charge in [0, 0.05) is 6.42 Å². The predicted molar refractivity (Wildman–Crippen MR) is 80.3 cm³/mol. The molecule has 6 nitrogen and oxygen atoms in total. The van der Waals surface area contributed by atoms with Crippen LogP contribution < -0.4 is 5.32 Å². The summed E-state index contributed by atoms with van der Waals surface area (Å²) in [4.78, 5) is 34.7. The number of rotatable bonds is 7. The molecule has 0 aliphatic heterocycles. The molecular weight excluding hydrogens is 343 g/mol. The molecule has 1 aromatic rings. The zero-order valence-corrected chi connectivity index (χ0v) is 13.6. The van der Waals surface area contributed by atoms with Crippen LogP contribution in [0.5, 0.6) is 0 Å². The summed E-state index contributed by atoms with van der Waals surface area (Å²) in [5.41, 5.74) is -0.988. The lowest BCUT2D eigenvalue weighted by atomic mass is 10.0. The number of Topliss-reactive ketones (excluding diaryl/α,β-unsaturated/α-hetero) is 1. The molecule has 0 bridgehead atoms. The maximum Gasteiger partial charge on any atom is 0.416 e. The fraction of sp³-hybridized carbons (Fsp3) is 0.438. The molecule has 1 aromatic carbocycles. The third-order valence-electron chi connectivity index (χ3n) is 3.39. The Balaban J connectivity index is 2.82. The molecule has 2 N–H and O–H groups in total. The van der Waals surface area contributed by atoms with Gasteiger partial charge in [-0.25, -0.2) is 4.79 Å². The smallest absolute Gasteiger partial charge is 0.416 e. The SMILES string of the molecule is COC(=O)[C@H](CCC(C)=O)NC(=O)[C@@H](O)c1ccc(C(F)(F)F)cc1. The van der Waals surface area contributed by atoms with Crippen LogP contribution in [-0.2, 0) is 25.3 Å². The summed E-state index contributed by atoms with van der Waals surface area (Å²) >= 11 is 0. The van der Waals surface area contributed by atoms with Gasteiger partial charge < -0.3 is 20.0 Å². The summed E-state index contributed by atoms with van der Waals surface area (Å²) in [7, 11) is 1.10. The number of halogens is 3. The second-order valence-corrected chi connectivity index (χ2v) is 5.35. The zero-order chi connectivity index (χ0) is 19.2. The first-order valence-corrected chi connectivity index (χ1v) is 7.29. The second kappa shape index (κ2) is 8.61. The van der Waals surface area contributed by atoms with Crippen molar-refractivity contribution in [3.05, 3.63) is 35.4 Å². The Labute approximate surface area is 142 Å². The molecule has 1 amide bonds. The summed E-state index contributed by atoms with van der Waals surface area (Å²) < 4.78 is 42.0. The van der Waals surface area contributed by atoms with Gasteiger partial charge in [0.2, 0.25) is 0 Å². The molecule has 2 atom stereocenters. The lowest BCUT2D eigenvalue weighted by Gasteiger charge is -2.18. The molecule has 0 spiro atoms. The van der Waals surface area contributed by atoms with Gasteiger partial charge in [-0.3, -0.25) is 4.79 Å². The number of hydrogen-bond acceptors (Lipinski definition) is 5. The van der Waals surface area contributed by atoms with Gasteiger partial charge in [0.1, 0.15) is 11.8 Å². The normalized spacial score (nSPS) is 13.7. The number of alkyl halides is 3. The van der Waals surface area contributed by atoms with E-state index in [4.69, 9.17) is 0 Å². The lowest BCUT2D eigenvalue weighted by molar-refractivity contribution is -0.146. The standard InChI is InChI=1S/C16H18F3NO5/c1-9(21)3-8-12(15(24)25-2)20-14(23)13(22)10-4-6-11(7-5-10)16(17,18)19/h4-7,12-13,22H,3,8H2,1-2H3,(H,20,23)/t12-,13-/m0/s1. The minimum atomic E-state index is -4.53. The maximum absolute atomic E-state index is 12.5. The monoisotopic (exact) mass is 361 g/mol. The van der Waals surface area contributed by atoms with Crippen molar-refractivity contribution in [2.24, 2.45) is 0 Å². The van der Waals surface area contributed by atoms with E-state index in [1.165, 1.54) is 6.92 Å². The molecule has 0 saturated carbocycles. The van der Waals surface area contributed by atoms with Crippen LogP contribution in [-0.4, -0.2) is 35.9 Å². The van der Waals surface area contributed by atoms with E-state index in [9.17, 15) is 32.7 Å². The number of esters is 1. The quantitative estimate of drug-likeness (QED) is 0.722. The highest BCUT2D eigenvalue weighted by atomic mass is 19.4. The van der Waals surface area contributed by atoms with Crippen molar-refractivity contribution in [3.63, 3.8) is 0 Å². The molecule has 25 heavy (non-hydrogen) atoms. The molecule has 9 heteroatoms. The summed E-state index contributed by atoms with van der Waals surface area (Å²) in [6, 6.07) is 2.26. The molecule has 0 aliphatic carbocycles. The minimum Gasteiger partial charge on any atom is -0.467 e. The van der Waals surface area contributed by atoms with Crippen LogP contribution in [0, 0.1) is 0 Å². The zero-order valence-electron chi connectivity index (χ0n) is 13.6. The average molecular weight is 361 g/mol. The first-order chi connectivity index (χ1) is 11.6. The molecule has 0 unspecified atom stereocenters. The van der Waals surface area contributed by atoms with Crippen molar-refractivity contribution in [2.45, 2.75) is 38.1 Å². The molecule has 0 fully saturated rings. The number of ether oxygens (including phenoxy) is 1. The number of carbonyl (C=O) groups is 3. The van der Waals surface area contributed by atoms with E-state index < -0.39 is 35.8 Å². The Bertz CT molecular complexity index is 628. The van der Waals surface area contributed by atoms with E-state index in [1.54, 1.807) is 0 Å². The molecule has 1 rings (SSSR count). The fourth-order valence-electron chi connectivity index (χ4n) is 2.00. The van der Waals surface area contributed by atoms with Crippen LogP contribution in [0.1, 0.15) is 37.0 Å². The predicted octanol–water partition coefficient (Wildman–Crippen LogP) is 1.77. The van der Waals surface area contributed by atoms with Gasteiger partial charge in [0.05, 0.1) is 12.7 Å². The highest BCUT2D eigenvalue weighted by Gasteiger charge is 2.31. The van der Waals surface area contributed by atoms with Gasteiger partial charge in [-0.1, -0.05) is 12.1 Å². The fourth-order valence-corrected chi connectivity index (χ4v) is 2.00. The molecule has 0 saturated heterocycles. The Hall–Kier alpha value is -2.42. The van der Waals surface area contributed by atoms with E-state index in [0.29, 0.717) is 0 Å². The van der Waals surface area contributed by atoms with Gasteiger partial charge in [0.15, 0.2) is 6.10 Å². The van der Waals surface area contributed by atoms with E-state index in [1.807, 2.05) is 0 Å². The molecule has 0 radical (unpaired) electrons. The maximum atomic E-state index is 12.5. The molecular formula is C16H18F3NO5. The van der Waals surface area contributed by atoms with Crippen LogP contribution >= 0.6 is 0 Å². The van der Waals surface area contributed by atoms with E-state index in [2.05, 4.69) is 10.1 Å². The number of methoxy groups -OCH3 is 1. The van der Waals surface area contributed by atoms with Crippen LogP contribution in [0.2, 0.25) is 0 Å². The Morgan fingerprint density at radius 3 is 2.20 bits per heavy atom. The Kier molecular flexibility index (Phi) is 7.10. The van der Waals surface area contributed by atoms with Crippen LogP contribution in [0.3, 0.4) is 0 Å². The van der Waals surface area contributed by atoms with Crippen molar-refractivity contribution in [2.75, 3.05) is 7.11 Å². The van der Waals surface area contributed by atoms with Crippen molar-refractivity contribution in [1.82, 2.24) is 5.32 Å². The molecule has 138 valence electrons. The van der Waals surface area contributed by atoms with E-state index in [0.717, 1.165) is 31.4 Å². The summed E-state index contributed by atoms with van der Waals surface area (Å²) in [5.74, 6) is -1.99. The number of amides is 1. The topological polar surface area (TPSA) is 92.7 Å². The summed E-state index contributed by atoms with van der Waals surface area (Å²) in [5, 5.41) is 12.2. The van der Waals surface area contributed by atoms with Crippen molar-refractivity contribution in [3.8, 4) is 0 Å². The van der Waals surface area contributed by atoms with E-state index in [-0.39, 0.29) is 24.2 Å². The average Bonchev–Trinajstić information content (AvgIpc) is 2.56. The van der Waals surface area contributed by atoms with Crippen molar-refractivity contribution in [1.29, 1.82) is 0 Å². The number of carbonyl (C=O) groups excluding carboxylic acids is 3. The Morgan fingerprint density at radius 2 is 1.76 bits per heavy atom. The van der Waals surface area contributed by atoms with Crippen molar-refractivity contribution < 1.29 is 37.4 Å². The van der Waals surface area contributed by atoms with Crippen LogP contribution in [0.4, 0.5) is 13.2 Å². The number of benzene rings is 1. The lowest BCUT2D eigenvalue weighted by Crippen LogP contribution is -2.43. The summed E-state index contributed by atoms with van der Waals surface area (Å²) in [6.45, 7) is 1.31. The highest BCUT2D eigenvalue weighted by molar-refractivity contribution is 5.88. The van der Waals surface area contributed by atoms with Crippen LogP contribution in [0.25, 0.3) is 0 Å². The van der Waals surface area contributed by atoms with Gasteiger partial charge in [-0.15, -0.1) is 0 Å². The first-order valence-electron chi connectivity index (χ1n) is 7.29. The molecule has 0 heterocycles. The van der Waals surface area contributed by atoms with Gasteiger partial charge in [0.25, 0.3) is 5.91 Å². The number of aliphatic hydroxyl groups excluding tert-OH is 1. The number of nitrogens with one attached hydrogen (secondary N) is 1. The number of hydrogen-bond donors (Lipinski definition) is 2. The van der Waals surface area contributed by atoms with Crippen LogP contribution in [0.15, 0.2) is 24.3 Å². The second-order valence-electron chi connectivity index (χ2n) is 5.35. The van der Waals surface area contributed by atoms with E-state index >= 15 is 0 Å². The van der Waals surface area contributed by atoms with Gasteiger partial charge >= 0.3 is 12.1 Å². The van der Waals surface area contributed by atoms with Gasteiger partial charge in [-0.2, -0.15) is 13.2 Å².